The lowest BCUT2D eigenvalue weighted by molar-refractivity contribution is -0.119. The zero-order valence-electron chi connectivity index (χ0n) is 13.5. The fraction of sp³-hybridized carbons (Fsp3) is 0.176. The van der Waals surface area contributed by atoms with Crippen LogP contribution in [0.25, 0.3) is 0 Å². The van der Waals surface area contributed by atoms with Crippen LogP contribution in [0, 0.1) is 6.92 Å². The van der Waals surface area contributed by atoms with Crippen LogP contribution < -0.4 is 10.1 Å². The van der Waals surface area contributed by atoms with E-state index in [1.807, 2.05) is 0 Å². The number of nitrogens with one attached hydrogen (secondary N) is 1. The number of hydrogen-bond acceptors (Lipinski definition) is 6. The molecule has 0 atom stereocenters. The van der Waals surface area contributed by atoms with Gasteiger partial charge in [-0.2, -0.15) is 0 Å². The molecular weight excluding hydrogens is 350 g/mol. The monoisotopic (exact) mass is 365 g/mol. The summed E-state index contributed by atoms with van der Waals surface area (Å²) in [5.41, 5.74) is 0.965. The maximum Gasteiger partial charge on any atom is 0.342 e. The second-order valence-corrected chi connectivity index (χ2v) is 5.53. The third-order valence-corrected chi connectivity index (χ3v) is 3.70. The molecular formula is C17H16ClNO6. The zero-order valence-corrected chi connectivity index (χ0v) is 14.3. The van der Waals surface area contributed by atoms with Crippen LogP contribution in [0.2, 0.25) is 5.02 Å². The summed E-state index contributed by atoms with van der Waals surface area (Å²) < 4.78 is 9.99. The summed E-state index contributed by atoms with van der Waals surface area (Å²) in [5, 5.41) is 21.8. The first kappa shape index (κ1) is 18.4. The molecule has 7 nitrogen and oxygen atoms in total. The first-order chi connectivity index (χ1) is 11.8. The summed E-state index contributed by atoms with van der Waals surface area (Å²) >= 11 is 5.99. The number of phenolic OH excluding ortho intramolecular Hbond substituents is 2. The highest BCUT2D eigenvalue weighted by Crippen LogP contribution is 2.31. The van der Waals surface area contributed by atoms with Gasteiger partial charge in [-0.15, -0.1) is 0 Å². The highest BCUT2D eigenvalue weighted by molar-refractivity contribution is 6.31. The van der Waals surface area contributed by atoms with Crippen LogP contribution in [0.4, 0.5) is 5.69 Å². The fourth-order valence-electron chi connectivity index (χ4n) is 2.02. The van der Waals surface area contributed by atoms with Gasteiger partial charge >= 0.3 is 5.97 Å². The summed E-state index contributed by atoms with van der Waals surface area (Å²) in [7, 11) is 1.43. The number of aryl methyl sites for hydroxylation is 1. The Balaban J connectivity index is 2.01. The van der Waals surface area contributed by atoms with Crippen LogP contribution in [-0.4, -0.2) is 35.8 Å². The average Bonchev–Trinajstić information content (AvgIpc) is 2.55. The Hall–Kier alpha value is -2.93. The first-order valence-electron chi connectivity index (χ1n) is 7.15. The summed E-state index contributed by atoms with van der Waals surface area (Å²) in [6.45, 7) is 1.20. The largest absolute Gasteiger partial charge is 0.508 e. The van der Waals surface area contributed by atoms with E-state index in [0.717, 1.165) is 11.6 Å². The Morgan fingerprint density at radius 1 is 1.20 bits per heavy atom. The Bertz CT molecular complexity index is 821. The van der Waals surface area contributed by atoms with E-state index in [9.17, 15) is 19.8 Å². The molecule has 0 heterocycles. The minimum absolute atomic E-state index is 0.162. The van der Waals surface area contributed by atoms with Crippen LogP contribution in [0.5, 0.6) is 17.2 Å². The van der Waals surface area contributed by atoms with E-state index in [1.165, 1.54) is 19.2 Å². The molecule has 0 aromatic heterocycles. The highest BCUT2D eigenvalue weighted by atomic mass is 35.5. The smallest absolute Gasteiger partial charge is 0.342 e. The van der Waals surface area contributed by atoms with E-state index in [-0.39, 0.29) is 11.3 Å². The molecule has 0 aliphatic carbocycles. The Kier molecular flexibility index (Phi) is 5.71. The van der Waals surface area contributed by atoms with E-state index in [2.05, 4.69) is 5.32 Å². The van der Waals surface area contributed by atoms with Gasteiger partial charge in [0.25, 0.3) is 5.91 Å². The van der Waals surface area contributed by atoms with Crippen molar-refractivity contribution in [1.82, 2.24) is 0 Å². The number of halogens is 1. The first-order valence-corrected chi connectivity index (χ1v) is 7.52. The summed E-state index contributed by atoms with van der Waals surface area (Å²) in [5.74, 6) is -1.76. The molecule has 0 aliphatic heterocycles. The normalized spacial score (nSPS) is 10.2. The summed E-state index contributed by atoms with van der Waals surface area (Å²) in [6, 6.07) is 6.60. The minimum Gasteiger partial charge on any atom is -0.508 e. The number of phenols is 2. The number of esters is 1. The van der Waals surface area contributed by atoms with Crippen molar-refractivity contribution in [1.29, 1.82) is 0 Å². The molecule has 0 saturated heterocycles. The van der Waals surface area contributed by atoms with Gasteiger partial charge in [-0.25, -0.2) is 4.79 Å². The van der Waals surface area contributed by atoms with Crippen LogP contribution in [0.1, 0.15) is 15.9 Å². The molecule has 8 heteroatoms. The minimum atomic E-state index is -0.896. The van der Waals surface area contributed by atoms with Crippen LogP contribution in [-0.2, 0) is 9.53 Å². The lowest BCUT2D eigenvalue weighted by Gasteiger charge is -2.12. The van der Waals surface area contributed by atoms with Crippen molar-refractivity contribution in [3.05, 3.63) is 46.5 Å². The number of anilines is 1. The number of carbonyl (C=O) groups is 2. The van der Waals surface area contributed by atoms with Crippen molar-refractivity contribution >= 4 is 29.2 Å². The topological polar surface area (TPSA) is 105 Å². The second kappa shape index (κ2) is 7.76. The average molecular weight is 366 g/mol. The predicted molar refractivity (Wildman–Crippen MR) is 91.4 cm³/mol. The van der Waals surface area contributed by atoms with Gasteiger partial charge in [0.2, 0.25) is 0 Å². The van der Waals surface area contributed by atoms with Gasteiger partial charge in [-0.05, 0) is 30.7 Å². The number of ether oxygens (including phenoxy) is 2. The summed E-state index contributed by atoms with van der Waals surface area (Å²) in [6.07, 6.45) is 0. The number of aromatic hydroxyl groups is 2. The van der Waals surface area contributed by atoms with Gasteiger partial charge in [0.15, 0.2) is 6.61 Å². The lowest BCUT2D eigenvalue weighted by atomic mass is 10.2. The van der Waals surface area contributed by atoms with E-state index in [4.69, 9.17) is 21.1 Å². The Morgan fingerprint density at radius 2 is 1.92 bits per heavy atom. The lowest BCUT2D eigenvalue weighted by Crippen LogP contribution is -2.21. The molecule has 0 radical (unpaired) electrons. The Labute approximate surface area is 148 Å². The van der Waals surface area contributed by atoms with E-state index in [1.54, 1.807) is 19.1 Å². The molecule has 25 heavy (non-hydrogen) atoms. The van der Waals surface area contributed by atoms with Crippen molar-refractivity contribution in [2.45, 2.75) is 6.92 Å². The van der Waals surface area contributed by atoms with E-state index in [0.29, 0.717) is 16.5 Å². The maximum atomic E-state index is 12.0. The van der Waals surface area contributed by atoms with Crippen molar-refractivity contribution in [3.8, 4) is 17.2 Å². The third-order valence-electron chi connectivity index (χ3n) is 3.29. The number of hydrogen-bond donors (Lipinski definition) is 3. The molecule has 2 aromatic rings. The van der Waals surface area contributed by atoms with E-state index >= 15 is 0 Å². The molecule has 0 fully saturated rings. The number of amides is 1. The molecule has 2 rings (SSSR count). The van der Waals surface area contributed by atoms with Gasteiger partial charge in [0, 0.05) is 17.2 Å². The second-order valence-electron chi connectivity index (χ2n) is 5.13. The zero-order chi connectivity index (χ0) is 18.6. The number of carbonyl (C=O) groups excluding carboxylic acids is 2. The van der Waals surface area contributed by atoms with Crippen LogP contribution in [0.3, 0.4) is 0 Å². The number of rotatable bonds is 5. The van der Waals surface area contributed by atoms with Crippen molar-refractivity contribution < 1.29 is 29.3 Å². The molecule has 2 aromatic carbocycles. The van der Waals surface area contributed by atoms with Gasteiger partial charge in [0.1, 0.15) is 22.8 Å². The molecule has 0 aliphatic rings. The van der Waals surface area contributed by atoms with E-state index < -0.39 is 24.2 Å². The predicted octanol–water partition coefficient (Wildman–Crippen LogP) is 2.86. The van der Waals surface area contributed by atoms with Crippen molar-refractivity contribution in [2.24, 2.45) is 0 Å². The standard InChI is InChI=1S/C17H16ClNO6/c1-9-5-13(15(24-2)7-12(9)18)19-16(22)8-25-17(23)11-4-3-10(20)6-14(11)21/h3-7,20-21H,8H2,1-2H3,(H,19,22). The quantitative estimate of drug-likeness (QED) is 0.704. The van der Waals surface area contributed by atoms with Gasteiger partial charge in [0.05, 0.1) is 12.8 Å². The molecule has 0 saturated carbocycles. The highest BCUT2D eigenvalue weighted by Gasteiger charge is 2.16. The number of benzene rings is 2. The third kappa shape index (κ3) is 4.54. The fourth-order valence-corrected chi connectivity index (χ4v) is 2.17. The van der Waals surface area contributed by atoms with Gasteiger partial charge < -0.3 is 25.0 Å². The van der Waals surface area contributed by atoms with Gasteiger partial charge in [-0.3, -0.25) is 4.79 Å². The molecule has 132 valence electrons. The molecule has 0 spiro atoms. The van der Waals surface area contributed by atoms with Crippen LogP contribution in [0.15, 0.2) is 30.3 Å². The molecule has 3 N–H and O–H groups in total. The SMILES string of the molecule is COc1cc(Cl)c(C)cc1NC(=O)COC(=O)c1ccc(O)cc1O. The van der Waals surface area contributed by atoms with Gasteiger partial charge in [-0.1, -0.05) is 11.6 Å². The summed E-state index contributed by atoms with van der Waals surface area (Å²) in [4.78, 5) is 23.8. The molecule has 1 amide bonds. The number of methoxy groups -OCH3 is 1. The van der Waals surface area contributed by atoms with Crippen LogP contribution >= 0.6 is 11.6 Å². The van der Waals surface area contributed by atoms with Crippen molar-refractivity contribution in [2.75, 3.05) is 19.0 Å². The Morgan fingerprint density at radius 3 is 2.56 bits per heavy atom. The molecule has 0 bridgehead atoms. The maximum absolute atomic E-state index is 12.0. The molecule has 0 unspecified atom stereocenters. The van der Waals surface area contributed by atoms with Crippen molar-refractivity contribution in [3.63, 3.8) is 0 Å².